The summed E-state index contributed by atoms with van der Waals surface area (Å²) in [6, 6.07) is 7.27. The Kier molecular flexibility index (Phi) is 2.82. The summed E-state index contributed by atoms with van der Waals surface area (Å²) in [5.41, 5.74) is 6.87. The number of rotatable bonds is 3. The minimum absolute atomic E-state index is 0.0654. The van der Waals surface area contributed by atoms with E-state index in [1.807, 2.05) is 12.1 Å². The monoisotopic (exact) mass is 164 g/mol. The van der Waals surface area contributed by atoms with Crippen LogP contribution in [0.4, 0.5) is 5.69 Å². The Labute approximate surface area is 71.6 Å². The van der Waals surface area contributed by atoms with Gasteiger partial charge in [-0.05, 0) is 19.1 Å². The van der Waals surface area contributed by atoms with E-state index in [9.17, 15) is 4.79 Å². The van der Waals surface area contributed by atoms with Crippen LogP contribution in [-0.2, 0) is 0 Å². The summed E-state index contributed by atoms with van der Waals surface area (Å²) in [5.74, 6) is 0.0654. The summed E-state index contributed by atoms with van der Waals surface area (Å²) in [7, 11) is 0. The number of ketones is 1. The SMILES string of the molecule is CC(=O)c1cccc(NCN)c1. The smallest absolute Gasteiger partial charge is 0.159 e. The first kappa shape index (κ1) is 8.74. The van der Waals surface area contributed by atoms with E-state index in [0.717, 1.165) is 5.69 Å². The van der Waals surface area contributed by atoms with Gasteiger partial charge in [0, 0.05) is 11.3 Å². The van der Waals surface area contributed by atoms with Crippen LogP contribution in [0.3, 0.4) is 0 Å². The first-order valence-corrected chi connectivity index (χ1v) is 3.79. The number of Topliss-reactive ketones (excluding diaryl/α,β-unsaturated/α-hetero) is 1. The van der Waals surface area contributed by atoms with Gasteiger partial charge < -0.3 is 11.1 Å². The van der Waals surface area contributed by atoms with Gasteiger partial charge in [0.2, 0.25) is 0 Å². The fourth-order valence-corrected chi connectivity index (χ4v) is 0.966. The number of benzene rings is 1. The molecule has 0 aliphatic carbocycles. The van der Waals surface area contributed by atoms with Gasteiger partial charge in [0.1, 0.15) is 0 Å². The number of anilines is 1. The third-order valence-electron chi connectivity index (χ3n) is 1.58. The number of hydrogen-bond acceptors (Lipinski definition) is 3. The van der Waals surface area contributed by atoms with Crippen molar-refractivity contribution in [2.45, 2.75) is 6.92 Å². The zero-order chi connectivity index (χ0) is 8.97. The molecule has 3 heteroatoms. The van der Waals surface area contributed by atoms with Gasteiger partial charge in [-0.1, -0.05) is 12.1 Å². The van der Waals surface area contributed by atoms with E-state index in [2.05, 4.69) is 5.32 Å². The number of carbonyl (C=O) groups excluding carboxylic acids is 1. The van der Waals surface area contributed by atoms with Gasteiger partial charge in [-0.25, -0.2) is 0 Å². The van der Waals surface area contributed by atoms with Crippen LogP contribution in [0.2, 0.25) is 0 Å². The average molecular weight is 164 g/mol. The molecule has 12 heavy (non-hydrogen) atoms. The van der Waals surface area contributed by atoms with Gasteiger partial charge in [0.15, 0.2) is 5.78 Å². The first-order chi connectivity index (χ1) is 5.74. The highest BCUT2D eigenvalue weighted by Crippen LogP contribution is 2.09. The van der Waals surface area contributed by atoms with Crippen LogP contribution in [-0.4, -0.2) is 12.5 Å². The van der Waals surface area contributed by atoms with Crippen molar-refractivity contribution < 1.29 is 4.79 Å². The van der Waals surface area contributed by atoms with Crippen LogP contribution in [0.15, 0.2) is 24.3 Å². The summed E-state index contributed by atoms with van der Waals surface area (Å²) in [4.78, 5) is 10.9. The summed E-state index contributed by atoms with van der Waals surface area (Å²) >= 11 is 0. The van der Waals surface area contributed by atoms with Gasteiger partial charge in [-0.15, -0.1) is 0 Å². The molecular weight excluding hydrogens is 152 g/mol. The van der Waals surface area contributed by atoms with Crippen molar-refractivity contribution in [1.82, 2.24) is 0 Å². The van der Waals surface area contributed by atoms with Crippen LogP contribution < -0.4 is 11.1 Å². The number of nitrogens with two attached hydrogens (primary N) is 1. The van der Waals surface area contributed by atoms with Crippen molar-refractivity contribution in [3.63, 3.8) is 0 Å². The van der Waals surface area contributed by atoms with Gasteiger partial charge in [0.25, 0.3) is 0 Å². The Bertz CT molecular complexity index is 284. The maximum Gasteiger partial charge on any atom is 0.159 e. The molecule has 0 aromatic heterocycles. The van der Waals surface area contributed by atoms with E-state index in [1.165, 1.54) is 0 Å². The van der Waals surface area contributed by atoms with E-state index in [4.69, 9.17) is 5.73 Å². The van der Waals surface area contributed by atoms with Gasteiger partial charge in [-0.2, -0.15) is 0 Å². The van der Waals surface area contributed by atoms with E-state index < -0.39 is 0 Å². The summed E-state index contributed by atoms with van der Waals surface area (Å²) in [5, 5.41) is 2.93. The van der Waals surface area contributed by atoms with Crippen LogP contribution >= 0.6 is 0 Å². The Morgan fingerprint density at radius 1 is 1.58 bits per heavy atom. The third-order valence-corrected chi connectivity index (χ3v) is 1.58. The maximum atomic E-state index is 10.9. The summed E-state index contributed by atoms with van der Waals surface area (Å²) in [6.45, 7) is 1.92. The molecule has 0 aliphatic heterocycles. The Hall–Kier alpha value is -1.35. The lowest BCUT2D eigenvalue weighted by atomic mass is 10.1. The van der Waals surface area contributed by atoms with Crippen LogP contribution in [0.25, 0.3) is 0 Å². The fourth-order valence-electron chi connectivity index (χ4n) is 0.966. The molecule has 3 N–H and O–H groups in total. The van der Waals surface area contributed by atoms with E-state index >= 15 is 0 Å². The van der Waals surface area contributed by atoms with Gasteiger partial charge >= 0.3 is 0 Å². The largest absolute Gasteiger partial charge is 0.373 e. The highest BCUT2D eigenvalue weighted by atomic mass is 16.1. The molecule has 0 heterocycles. The Morgan fingerprint density at radius 3 is 2.92 bits per heavy atom. The summed E-state index contributed by atoms with van der Waals surface area (Å²) < 4.78 is 0. The first-order valence-electron chi connectivity index (χ1n) is 3.79. The number of nitrogens with one attached hydrogen (secondary N) is 1. The fraction of sp³-hybridized carbons (Fsp3) is 0.222. The predicted octanol–water partition coefficient (Wildman–Crippen LogP) is 1.22. The second-order valence-corrected chi connectivity index (χ2v) is 2.52. The van der Waals surface area contributed by atoms with E-state index in [1.54, 1.807) is 19.1 Å². The normalized spacial score (nSPS) is 9.50. The molecule has 0 fully saturated rings. The van der Waals surface area contributed by atoms with Gasteiger partial charge in [0.05, 0.1) is 6.67 Å². The predicted molar refractivity (Wildman–Crippen MR) is 49.1 cm³/mol. The molecule has 1 aromatic carbocycles. The minimum atomic E-state index is 0.0654. The molecule has 0 saturated heterocycles. The molecule has 1 rings (SSSR count). The zero-order valence-corrected chi connectivity index (χ0v) is 7.00. The third kappa shape index (κ3) is 2.07. The number of hydrogen-bond donors (Lipinski definition) is 2. The van der Waals surface area contributed by atoms with Crippen molar-refractivity contribution in [3.05, 3.63) is 29.8 Å². The number of carbonyl (C=O) groups is 1. The molecule has 0 spiro atoms. The summed E-state index contributed by atoms with van der Waals surface area (Å²) in [6.07, 6.45) is 0. The lowest BCUT2D eigenvalue weighted by molar-refractivity contribution is 0.101. The molecule has 0 saturated carbocycles. The molecule has 0 unspecified atom stereocenters. The van der Waals surface area contributed by atoms with E-state index in [0.29, 0.717) is 12.2 Å². The lowest BCUT2D eigenvalue weighted by Crippen LogP contribution is -2.10. The van der Waals surface area contributed by atoms with Gasteiger partial charge in [-0.3, -0.25) is 4.79 Å². The highest BCUT2D eigenvalue weighted by Gasteiger charge is 1.98. The molecular formula is C9H12N2O. The maximum absolute atomic E-state index is 10.9. The Balaban J connectivity index is 2.88. The molecule has 1 aromatic rings. The van der Waals surface area contributed by atoms with E-state index in [-0.39, 0.29) is 5.78 Å². The molecule has 0 amide bonds. The average Bonchev–Trinajstić information content (AvgIpc) is 2.05. The van der Waals surface area contributed by atoms with Crippen LogP contribution in [0, 0.1) is 0 Å². The Morgan fingerprint density at radius 2 is 2.33 bits per heavy atom. The quantitative estimate of drug-likeness (QED) is 0.521. The lowest BCUT2D eigenvalue weighted by Gasteiger charge is -2.03. The highest BCUT2D eigenvalue weighted by molar-refractivity contribution is 5.94. The van der Waals surface area contributed by atoms with Crippen molar-refractivity contribution in [2.75, 3.05) is 12.0 Å². The second-order valence-electron chi connectivity index (χ2n) is 2.52. The molecule has 0 aliphatic rings. The molecule has 0 atom stereocenters. The van der Waals surface area contributed by atoms with Crippen molar-refractivity contribution >= 4 is 11.5 Å². The molecule has 0 radical (unpaired) electrons. The molecule has 0 bridgehead atoms. The molecule has 64 valence electrons. The van der Waals surface area contributed by atoms with Crippen molar-refractivity contribution in [3.8, 4) is 0 Å². The molecule has 3 nitrogen and oxygen atoms in total. The topological polar surface area (TPSA) is 55.1 Å². The zero-order valence-electron chi connectivity index (χ0n) is 7.00. The van der Waals surface area contributed by atoms with Crippen molar-refractivity contribution in [1.29, 1.82) is 0 Å². The minimum Gasteiger partial charge on any atom is -0.373 e. The van der Waals surface area contributed by atoms with Crippen LogP contribution in [0.5, 0.6) is 0 Å². The second kappa shape index (κ2) is 3.88. The van der Waals surface area contributed by atoms with Crippen LogP contribution in [0.1, 0.15) is 17.3 Å². The standard InChI is InChI=1S/C9H12N2O/c1-7(12)8-3-2-4-9(5-8)11-6-10/h2-5,11H,6,10H2,1H3. The van der Waals surface area contributed by atoms with Crippen molar-refractivity contribution in [2.24, 2.45) is 5.73 Å².